The maximum Gasteiger partial charge on any atom is 0.379 e. The molecule has 2 unspecified atom stereocenters. The number of aromatic nitrogens is 1. The number of aromatic amines is 1. The summed E-state index contributed by atoms with van der Waals surface area (Å²) >= 11 is 1.49. The highest BCUT2D eigenvalue weighted by Crippen LogP contribution is 2.29. The monoisotopic (exact) mass is 718 g/mol. The Kier molecular flexibility index (Phi) is 11.5. The predicted octanol–water partition coefficient (Wildman–Crippen LogP) is 6.62. The number of carbonyl (C=O) groups excluding carboxylic acids is 2. The summed E-state index contributed by atoms with van der Waals surface area (Å²) in [5.41, 5.74) is 3.24. The zero-order valence-electron chi connectivity index (χ0n) is 27.7. The molecule has 5 N–H and O–H groups in total. The molecule has 0 saturated heterocycles. The summed E-state index contributed by atoms with van der Waals surface area (Å²) in [6, 6.07) is 31.6. The molecular weight excluding hydrogens is 685 g/mol. The Labute approximate surface area is 301 Å². The summed E-state index contributed by atoms with van der Waals surface area (Å²) in [5.74, 6) is 0.0307. The number of hydrogen-bond acceptors (Lipinski definition) is 10. The van der Waals surface area contributed by atoms with Crippen LogP contribution >= 0.6 is 11.3 Å². The maximum absolute atomic E-state index is 12.8. The molecule has 0 spiro atoms. The Hall–Kier alpha value is -6.15. The van der Waals surface area contributed by atoms with Gasteiger partial charge in [0.15, 0.2) is 0 Å². The first kappa shape index (κ1) is 35.7. The fourth-order valence-electron chi connectivity index (χ4n) is 5.65. The number of phenolic OH excluding ortho intramolecular Hbond substituents is 1. The second-order valence-corrected chi connectivity index (χ2v) is 13.1. The molecule has 0 radical (unpaired) electrons. The van der Waals surface area contributed by atoms with Gasteiger partial charge in [0, 0.05) is 39.5 Å². The number of urea groups is 1. The number of esters is 1. The van der Waals surface area contributed by atoms with Gasteiger partial charge >= 0.3 is 12.0 Å². The lowest BCUT2D eigenvalue weighted by molar-refractivity contribution is 0.0476. The molecule has 264 valence electrons. The Bertz CT molecular complexity index is 2240. The second-order valence-electron chi connectivity index (χ2n) is 11.8. The molecule has 0 fully saturated rings. The molecule has 13 heteroatoms. The van der Waals surface area contributed by atoms with E-state index in [-0.39, 0.29) is 36.6 Å². The van der Waals surface area contributed by atoms with Crippen LogP contribution in [-0.4, -0.2) is 33.7 Å². The van der Waals surface area contributed by atoms with E-state index in [9.17, 15) is 29.5 Å². The zero-order valence-corrected chi connectivity index (χ0v) is 28.5. The van der Waals surface area contributed by atoms with E-state index >= 15 is 0 Å². The summed E-state index contributed by atoms with van der Waals surface area (Å²) in [4.78, 5) is 51.5. The summed E-state index contributed by atoms with van der Waals surface area (Å²) in [6.07, 6.45) is -0.875. The van der Waals surface area contributed by atoms with Crippen molar-refractivity contribution < 1.29 is 29.3 Å². The smallest absolute Gasteiger partial charge is 0.379 e. The average Bonchev–Trinajstić information content (AvgIpc) is 3.63. The minimum Gasteiger partial charge on any atom is -0.506 e. The van der Waals surface area contributed by atoms with Crippen LogP contribution in [0.1, 0.15) is 54.5 Å². The van der Waals surface area contributed by atoms with E-state index < -0.39 is 24.1 Å². The maximum atomic E-state index is 12.8. The average molecular weight is 719 g/mol. The normalized spacial score (nSPS) is 12.2. The molecule has 2 aromatic heterocycles. The topological polar surface area (TPSA) is 179 Å². The molecule has 2 amide bonds. The van der Waals surface area contributed by atoms with E-state index in [0.717, 1.165) is 20.9 Å². The largest absolute Gasteiger partial charge is 0.506 e. The van der Waals surface area contributed by atoms with Crippen molar-refractivity contribution in [2.24, 2.45) is 5.18 Å². The molecule has 2 atom stereocenters. The van der Waals surface area contributed by atoms with Crippen molar-refractivity contribution >= 4 is 34.2 Å². The molecule has 6 rings (SSSR count). The number of nitroso groups, excluding NO2 is 1. The van der Waals surface area contributed by atoms with Crippen LogP contribution in [0.4, 0.5) is 4.79 Å². The molecule has 12 nitrogen and oxygen atoms in total. The van der Waals surface area contributed by atoms with Gasteiger partial charge in [0.2, 0.25) is 5.56 Å². The SMILES string of the molecule is O=NC(=O)NC(c1ccccc1)c1cccc(OCc2ccc(C(=O)OCc3ccc(CNCC(O)c4ccc(O)c5[nH]c(=O)ccc45)s3)cc2)c1. The Morgan fingerprint density at radius 3 is 2.40 bits per heavy atom. The molecule has 0 saturated carbocycles. The van der Waals surface area contributed by atoms with E-state index in [2.05, 4.69) is 20.8 Å². The molecule has 0 aliphatic carbocycles. The van der Waals surface area contributed by atoms with Crippen LogP contribution in [-0.2, 0) is 24.5 Å². The zero-order chi connectivity index (χ0) is 36.5. The Balaban J connectivity index is 0.971. The first-order valence-corrected chi connectivity index (χ1v) is 17.1. The molecule has 0 aliphatic rings. The number of aliphatic hydroxyl groups is 1. The van der Waals surface area contributed by atoms with Crippen LogP contribution in [0.2, 0.25) is 0 Å². The quantitative estimate of drug-likeness (QED) is 0.0611. The lowest BCUT2D eigenvalue weighted by Gasteiger charge is -2.19. The second kappa shape index (κ2) is 16.7. The number of benzene rings is 4. The molecule has 0 bridgehead atoms. The number of aliphatic hydroxyl groups excluding tert-OH is 1. The van der Waals surface area contributed by atoms with Gasteiger partial charge in [-0.15, -0.1) is 16.2 Å². The third kappa shape index (κ3) is 8.95. The van der Waals surface area contributed by atoms with Crippen LogP contribution in [0.3, 0.4) is 0 Å². The van der Waals surface area contributed by atoms with E-state index in [1.54, 1.807) is 54.6 Å². The number of thiophene rings is 1. The van der Waals surface area contributed by atoms with Crippen LogP contribution in [0, 0.1) is 4.91 Å². The fraction of sp³-hybridized carbons (Fsp3) is 0.154. The number of H-pyrrole nitrogens is 1. The lowest BCUT2D eigenvalue weighted by atomic mass is 9.98. The molecule has 4 aromatic carbocycles. The number of ether oxygens (including phenoxy) is 2. The van der Waals surface area contributed by atoms with Gasteiger partial charge in [0.1, 0.15) is 24.7 Å². The summed E-state index contributed by atoms with van der Waals surface area (Å²) < 4.78 is 11.5. The summed E-state index contributed by atoms with van der Waals surface area (Å²) in [7, 11) is 0. The Morgan fingerprint density at radius 2 is 1.62 bits per heavy atom. The first-order valence-electron chi connectivity index (χ1n) is 16.3. The van der Waals surface area contributed by atoms with Crippen molar-refractivity contribution in [2.45, 2.75) is 31.9 Å². The number of phenols is 1. The van der Waals surface area contributed by atoms with Gasteiger partial charge in [-0.25, -0.2) is 9.59 Å². The predicted molar refractivity (Wildman–Crippen MR) is 196 cm³/mol. The number of carbonyl (C=O) groups is 2. The number of amides is 2. The van der Waals surface area contributed by atoms with Crippen molar-refractivity contribution in [1.82, 2.24) is 15.6 Å². The number of pyridine rings is 1. The number of nitrogens with zero attached hydrogens (tertiary/aromatic N) is 1. The first-order chi connectivity index (χ1) is 25.3. The molecule has 6 aromatic rings. The van der Waals surface area contributed by atoms with Gasteiger partial charge in [-0.3, -0.25) is 4.79 Å². The minimum absolute atomic E-state index is 0.0657. The minimum atomic E-state index is -0.969. The number of aromatic hydroxyl groups is 1. The Morgan fingerprint density at radius 1 is 0.846 bits per heavy atom. The van der Waals surface area contributed by atoms with Gasteiger partial charge in [0.05, 0.1) is 23.2 Å². The molecular formula is C39H34N4O8S. The van der Waals surface area contributed by atoms with Crippen LogP contribution in [0.5, 0.6) is 11.5 Å². The van der Waals surface area contributed by atoms with E-state index in [0.29, 0.717) is 34.4 Å². The summed E-state index contributed by atoms with van der Waals surface area (Å²) in [5, 5.41) is 29.8. The summed E-state index contributed by atoms with van der Waals surface area (Å²) in [6.45, 7) is 1.06. The third-order valence-corrected chi connectivity index (χ3v) is 9.29. The van der Waals surface area contributed by atoms with E-state index in [1.165, 1.54) is 23.5 Å². The van der Waals surface area contributed by atoms with Crippen LogP contribution < -0.4 is 20.9 Å². The van der Waals surface area contributed by atoms with Gasteiger partial charge < -0.3 is 35.3 Å². The van der Waals surface area contributed by atoms with Gasteiger partial charge in [-0.2, -0.15) is 0 Å². The van der Waals surface area contributed by atoms with Gasteiger partial charge in [-0.1, -0.05) is 60.7 Å². The highest BCUT2D eigenvalue weighted by Gasteiger charge is 2.18. The number of hydrogen-bond donors (Lipinski definition) is 5. The third-order valence-electron chi connectivity index (χ3n) is 8.24. The molecule has 52 heavy (non-hydrogen) atoms. The van der Waals surface area contributed by atoms with Crippen molar-refractivity contribution in [1.29, 1.82) is 0 Å². The van der Waals surface area contributed by atoms with Gasteiger partial charge in [0.25, 0.3) is 0 Å². The van der Waals surface area contributed by atoms with Crippen molar-refractivity contribution in [3.63, 3.8) is 0 Å². The number of nitrogens with one attached hydrogen (secondary N) is 3. The lowest BCUT2D eigenvalue weighted by Crippen LogP contribution is -2.26. The standard InChI is InChI=1S/C39H34N4O8S/c44-33-17-15-31(32-16-18-35(46)41-37(32)33)34(45)21-40-20-29-13-14-30(52-29)23-51-38(47)26-11-9-24(10-12-26)22-50-28-8-4-7-27(19-28)36(42-39(48)43-49)25-5-2-1-3-6-25/h1-19,34,36,40,44-45H,20-23H2,(H,41,46)(H,42,48). The number of fused-ring (bicyclic) bond motifs is 1. The number of rotatable bonds is 14. The molecule has 0 aliphatic heterocycles. The van der Waals surface area contributed by atoms with E-state index in [1.807, 2.05) is 48.5 Å². The fourth-order valence-corrected chi connectivity index (χ4v) is 6.55. The van der Waals surface area contributed by atoms with Crippen LogP contribution in [0.25, 0.3) is 10.9 Å². The van der Waals surface area contributed by atoms with E-state index in [4.69, 9.17) is 9.47 Å². The highest BCUT2D eigenvalue weighted by molar-refractivity contribution is 7.11. The van der Waals surface area contributed by atoms with Crippen molar-refractivity contribution in [2.75, 3.05) is 6.54 Å². The van der Waals surface area contributed by atoms with Gasteiger partial charge in [-0.05, 0) is 70.8 Å². The van der Waals surface area contributed by atoms with Crippen LogP contribution in [0.15, 0.2) is 125 Å². The highest BCUT2D eigenvalue weighted by atomic mass is 32.1. The van der Waals surface area contributed by atoms with Crippen molar-refractivity contribution in [3.05, 3.63) is 168 Å². The van der Waals surface area contributed by atoms with Crippen molar-refractivity contribution in [3.8, 4) is 11.5 Å². The molecule has 2 heterocycles.